The molecule has 21 heavy (non-hydrogen) atoms. The predicted octanol–water partition coefficient (Wildman–Crippen LogP) is 3.25. The maximum Gasteiger partial charge on any atom is 0.229 e. The number of carbonyl (C=O) groups is 1. The molecule has 1 aromatic rings. The average molecular weight is 306 g/mol. The first-order chi connectivity index (χ1) is 10.3. The van der Waals surface area contributed by atoms with Crippen molar-refractivity contribution < 1.29 is 4.79 Å². The third-order valence-electron chi connectivity index (χ3n) is 4.22. The van der Waals surface area contributed by atoms with E-state index in [1.54, 1.807) is 16.2 Å². The van der Waals surface area contributed by atoms with E-state index in [2.05, 4.69) is 20.2 Å². The number of amides is 1. The Morgan fingerprint density at radius 3 is 2.90 bits per heavy atom. The van der Waals surface area contributed by atoms with Gasteiger partial charge in [-0.1, -0.05) is 35.7 Å². The highest BCUT2D eigenvalue weighted by atomic mass is 32.1. The minimum Gasteiger partial charge on any atom is -0.286 e. The number of aromatic nitrogens is 2. The monoisotopic (exact) mass is 306 g/mol. The van der Waals surface area contributed by atoms with Crippen LogP contribution in [0.3, 0.4) is 0 Å². The predicted molar refractivity (Wildman–Crippen MR) is 80.2 cm³/mol. The van der Waals surface area contributed by atoms with Crippen molar-refractivity contribution in [2.75, 3.05) is 18.0 Å². The Bertz CT molecular complexity index is 561. The molecule has 1 saturated carbocycles. The molecular formula is C13H18N6OS. The second kappa shape index (κ2) is 6.41. The van der Waals surface area contributed by atoms with E-state index in [0.717, 1.165) is 5.01 Å². The van der Waals surface area contributed by atoms with Crippen molar-refractivity contribution in [2.45, 2.75) is 44.4 Å². The van der Waals surface area contributed by atoms with Crippen molar-refractivity contribution in [3.8, 4) is 0 Å². The van der Waals surface area contributed by atoms with Crippen LogP contribution in [0.1, 0.15) is 49.5 Å². The lowest BCUT2D eigenvalue weighted by molar-refractivity contribution is -0.117. The quantitative estimate of drug-likeness (QED) is 0.485. The van der Waals surface area contributed by atoms with Crippen LogP contribution in [0.2, 0.25) is 0 Å². The number of azide groups is 1. The average Bonchev–Trinajstić information content (AvgIpc) is 3.12. The summed E-state index contributed by atoms with van der Waals surface area (Å²) in [6.45, 7) is 0.949. The number of hydrogen-bond donors (Lipinski definition) is 0. The zero-order valence-corrected chi connectivity index (χ0v) is 12.6. The summed E-state index contributed by atoms with van der Waals surface area (Å²) in [5.41, 5.74) is 8.36. The summed E-state index contributed by atoms with van der Waals surface area (Å²) in [7, 11) is 0. The Morgan fingerprint density at radius 2 is 2.14 bits per heavy atom. The highest BCUT2D eigenvalue weighted by Crippen LogP contribution is 2.37. The lowest BCUT2D eigenvalue weighted by Gasteiger charge is -2.18. The molecule has 2 heterocycles. The highest BCUT2D eigenvalue weighted by molar-refractivity contribution is 7.15. The summed E-state index contributed by atoms with van der Waals surface area (Å²) >= 11 is 1.55. The zero-order valence-electron chi connectivity index (χ0n) is 11.8. The first kappa shape index (κ1) is 14.3. The van der Waals surface area contributed by atoms with Crippen molar-refractivity contribution >= 4 is 22.4 Å². The van der Waals surface area contributed by atoms with Gasteiger partial charge in [-0.15, -0.1) is 10.2 Å². The van der Waals surface area contributed by atoms with E-state index in [0.29, 0.717) is 30.6 Å². The van der Waals surface area contributed by atoms with Gasteiger partial charge in [0.2, 0.25) is 11.0 Å². The Morgan fingerprint density at radius 1 is 1.33 bits per heavy atom. The molecule has 1 aromatic heterocycles. The molecule has 3 rings (SSSR count). The third kappa shape index (κ3) is 3.16. The highest BCUT2D eigenvalue weighted by Gasteiger charge is 2.32. The van der Waals surface area contributed by atoms with Crippen molar-refractivity contribution in [3.63, 3.8) is 0 Å². The molecule has 2 aliphatic rings. The van der Waals surface area contributed by atoms with Gasteiger partial charge < -0.3 is 0 Å². The lowest BCUT2D eigenvalue weighted by atomic mass is 9.90. The van der Waals surface area contributed by atoms with E-state index in [1.807, 2.05) is 0 Å². The third-order valence-corrected chi connectivity index (χ3v) is 5.33. The van der Waals surface area contributed by atoms with E-state index in [9.17, 15) is 4.79 Å². The largest absolute Gasteiger partial charge is 0.286 e. The second-order valence-electron chi connectivity index (χ2n) is 5.75. The zero-order chi connectivity index (χ0) is 14.7. The van der Waals surface area contributed by atoms with Crippen LogP contribution in [0.15, 0.2) is 5.11 Å². The minimum atomic E-state index is 0.0551. The van der Waals surface area contributed by atoms with Gasteiger partial charge in [-0.3, -0.25) is 9.69 Å². The number of hydrogen-bond acceptors (Lipinski definition) is 5. The van der Waals surface area contributed by atoms with Gasteiger partial charge in [-0.2, -0.15) is 0 Å². The minimum absolute atomic E-state index is 0.0551. The SMILES string of the molecule is [N-]=[N+]=NCC1CC(=O)N(c2nnc(C3CCCCC3)s2)C1. The molecule has 0 radical (unpaired) electrons. The molecule has 8 heteroatoms. The molecule has 1 aliphatic heterocycles. The molecule has 7 nitrogen and oxygen atoms in total. The molecule has 2 fully saturated rings. The molecule has 1 saturated heterocycles. The molecule has 0 N–H and O–H groups in total. The molecule has 1 amide bonds. The van der Waals surface area contributed by atoms with Crippen molar-refractivity contribution in [1.29, 1.82) is 0 Å². The van der Waals surface area contributed by atoms with Crippen molar-refractivity contribution in [3.05, 3.63) is 15.5 Å². The van der Waals surface area contributed by atoms with Gasteiger partial charge in [0, 0.05) is 30.3 Å². The van der Waals surface area contributed by atoms with Gasteiger partial charge in [0.1, 0.15) is 5.01 Å². The molecule has 1 aliphatic carbocycles. The molecule has 1 unspecified atom stereocenters. The fourth-order valence-electron chi connectivity index (χ4n) is 3.09. The van der Waals surface area contributed by atoms with E-state index in [1.165, 1.54) is 32.1 Å². The van der Waals surface area contributed by atoms with Crippen LogP contribution < -0.4 is 4.90 Å². The lowest BCUT2D eigenvalue weighted by Crippen LogP contribution is -2.24. The molecule has 0 aromatic carbocycles. The van der Waals surface area contributed by atoms with Crippen LogP contribution in [-0.2, 0) is 4.79 Å². The van der Waals surface area contributed by atoms with Gasteiger partial charge in [-0.05, 0) is 24.3 Å². The van der Waals surface area contributed by atoms with Crippen LogP contribution in [0.4, 0.5) is 5.13 Å². The number of rotatable bonds is 4. The Labute approximate surface area is 127 Å². The fraction of sp³-hybridized carbons (Fsp3) is 0.769. The maximum atomic E-state index is 12.1. The maximum absolute atomic E-state index is 12.1. The molecule has 0 bridgehead atoms. The summed E-state index contributed by atoms with van der Waals surface area (Å²) in [4.78, 5) is 16.5. The summed E-state index contributed by atoms with van der Waals surface area (Å²) in [6.07, 6.45) is 6.63. The van der Waals surface area contributed by atoms with Gasteiger partial charge in [0.25, 0.3) is 0 Å². The second-order valence-corrected chi connectivity index (χ2v) is 6.73. The van der Waals surface area contributed by atoms with E-state index >= 15 is 0 Å². The van der Waals surface area contributed by atoms with Crippen LogP contribution >= 0.6 is 11.3 Å². The van der Waals surface area contributed by atoms with Gasteiger partial charge in [0.05, 0.1) is 0 Å². The molecule has 0 spiro atoms. The van der Waals surface area contributed by atoms with Crippen LogP contribution in [-0.4, -0.2) is 29.2 Å². The molecule has 112 valence electrons. The standard InChI is InChI=1S/C13H18N6OS/c14-18-15-7-9-6-11(20)19(8-9)13-17-16-12(21-13)10-4-2-1-3-5-10/h9-10H,1-8H2. The van der Waals surface area contributed by atoms with E-state index < -0.39 is 0 Å². The normalized spacial score (nSPS) is 23.3. The van der Waals surface area contributed by atoms with Crippen LogP contribution in [0.25, 0.3) is 10.4 Å². The van der Waals surface area contributed by atoms with Gasteiger partial charge >= 0.3 is 0 Å². The summed E-state index contributed by atoms with van der Waals surface area (Å²) in [5.74, 6) is 0.664. The summed E-state index contributed by atoms with van der Waals surface area (Å²) < 4.78 is 0. The van der Waals surface area contributed by atoms with Gasteiger partial charge in [-0.25, -0.2) is 0 Å². The smallest absolute Gasteiger partial charge is 0.229 e. The Kier molecular flexibility index (Phi) is 4.36. The van der Waals surface area contributed by atoms with Crippen molar-refractivity contribution in [1.82, 2.24) is 10.2 Å². The van der Waals surface area contributed by atoms with Gasteiger partial charge in [0.15, 0.2) is 0 Å². The number of carbonyl (C=O) groups excluding carboxylic acids is 1. The molecule has 1 atom stereocenters. The van der Waals surface area contributed by atoms with E-state index in [-0.39, 0.29) is 11.8 Å². The fourth-order valence-corrected chi connectivity index (χ4v) is 4.13. The summed E-state index contributed by atoms with van der Waals surface area (Å²) in [5, 5.41) is 13.8. The number of anilines is 1. The first-order valence-corrected chi connectivity index (χ1v) is 8.24. The first-order valence-electron chi connectivity index (χ1n) is 7.42. The summed E-state index contributed by atoms with van der Waals surface area (Å²) in [6, 6.07) is 0. The van der Waals surface area contributed by atoms with Crippen LogP contribution in [0.5, 0.6) is 0 Å². The van der Waals surface area contributed by atoms with E-state index in [4.69, 9.17) is 5.53 Å². The van der Waals surface area contributed by atoms with Crippen LogP contribution in [0, 0.1) is 5.92 Å². The Hall–Kier alpha value is -1.66. The number of nitrogens with zero attached hydrogens (tertiary/aromatic N) is 6. The Balaban J connectivity index is 1.68. The topological polar surface area (TPSA) is 94.9 Å². The van der Waals surface area contributed by atoms with Crippen molar-refractivity contribution in [2.24, 2.45) is 11.0 Å². The molecular weight excluding hydrogens is 288 g/mol.